The lowest BCUT2D eigenvalue weighted by atomic mass is 10.2. The third kappa shape index (κ3) is 4.58. The number of thiazole rings is 1. The van der Waals surface area contributed by atoms with Crippen LogP contribution in [0.2, 0.25) is 5.02 Å². The molecule has 1 fully saturated rings. The van der Waals surface area contributed by atoms with Gasteiger partial charge in [-0.15, -0.1) is 11.3 Å². The van der Waals surface area contributed by atoms with Crippen molar-refractivity contribution < 1.29 is 13.2 Å². The predicted molar refractivity (Wildman–Crippen MR) is 119 cm³/mol. The second kappa shape index (κ2) is 8.63. The van der Waals surface area contributed by atoms with E-state index in [1.165, 1.54) is 12.1 Å². The fraction of sp³-hybridized carbons (Fsp3) is 0.200. The molecule has 1 amide bonds. The summed E-state index contributed by atoms with van der Waals surface area (Å²) in [6, 6.07) is 12.4. The molecule has 0 aliphatic carbocycles. The van der Waals surface area contributed by atoms with Gasteiger partial charge in [-0.3, -0.25) is 9.52 Å². The number of hydrogen-bond donors (Lipinski definition) is 1. The lowest BCUT2D eigenvalue weighted by Crippen LogP contribution is -2.48. The molecule has 7 nitrogen and oxygen atoms in total. The van der Waals surface area contributed by atoms with Crippen LogP contribution in [0.5, 0.6) is 0 Å². The van der Waals surface area contributed by atoms with Gasteiger partial charge in [-0.1, -0.05) is 11.6 Å². The van der Waals surface area contributed by atoms with E-state index in [-0.39, 0.29) is 10.8 Å². The molecule has 0 spiro atoms. The van der Waals surface area contributed by atoms with Crippen molar-refractivity contribution in [1.82, 2.24) is 9.88 Å². The summed E-state index contributed by atoms with van der Waals surface area (Å²) in [4.78, 5) is 21.1. The van der Waals surface area contributed by atoms with E-state index in [1.54, 1.807) is 58.8 Å². The van der Waals surface area contributed by atoms with Crippen LogP contribution in [0.3, 0.4) is 0 Å². The number of nitrogens with one attached hydrogen (secondary N) is 1. The summed E-state index contributed by atoms with van der Waals surface area (Å²) >= 11 is 7.41. The smallest absolute Gasteiger partial charge is 0.261 e. The van der Waals surface area contributed by atoms with Crippen LogP contribution in [0.1, 0.15) is 10.4 Å². The Labute approximate surface area is 184 Å². The molecule has 0 saturated carbocycles. The maximum Gasteiger partial charge on any atom is 0.261 e. The van der Waals surface area contributed by atoms with Gasteiger partial charge in [-0.05, 0) is 48.5 Å². The Kier molecular flexibility index (Phi) is 5.94. The average molecular weight is 463 g/mol. The first kappa shape index (κ1) is 20.6. The molecule has 2 heterocycles. The number of carbonyl (C=O) groups excluding carboxylic acids is 1. The van der Waals surface area contributed by atoms with Crippen LogP contribution in [0.25, 0.3) is 0 Å². The van der Waals surface area contributed by atoms with Crippen molar-refractivity contribution in [2.45, 2.75) is 4.90 Å². The molecule has 0 bridgehead atoms. The van der Waals surface area contributed by atoms with Gasteiger partial charge in [-0.25, -0.2) is 13.4 Å². The Hall–Kier alpha value is -2.62. The van der Waals surface area contributed by atoms with Gasteiger partial charge in [0.25, 0.3) is 15.9 Å². The fourth-order valence-corrected chi connectivity index (χ4v) is 5.05. The molecule has 156 valence electrons. The van der Waals surface area contributed by atoms with Crippen molar-refractivity contribution in [3.8, 4) is 0 Å². The molecule has 1 saturated heterocycles. The molecule has 1 N–H and O–H groups in total. The van der Waals surface area contributed by atoms with Crippen molar-refractivity contribution in [3.63, 3.8) is 0 Å². The number of sulfonamides is 1. The van der Waals surface area contributed by atoms with Crippen LogP contribution in [0.4, 0.5) is 10.8 Å². The van der Waals surface area contributed by atoms with Crippen molar-refractivity contribution in [1.29, 1.82) is 0 Å². The average Bonchev–Trinajstić information content (AvgIpc) is 3.30. The first-order valence-corrected chi connectivity index (χ1v) is 12.0. The highest BCUT2D eigenvalue weighted by atomic mass is 35.5. The summed E-state index contributed by atoms with van der Waals surface area (Å²) in [6.07, 6.45) is 1.77. The number of hydrogen-bond acceptors (Lipinski definition) is 6. The van der Waals surface area contributed by atoms with Gasteiger partial charge < -0.3 is 9.80 Å². The lowest BCUT2D eigenvalue weighted by molar-refractivity contribution is 0.0746. The summed E-state index contributed by atoms with van der Waals surface area (Å²) in [6.45, 7) is 2.63. The zero-order valence-electron chi connectivity index (χ0n) is 15.9. The zero-order chi connectivity index (χ0) is 21.1. The normalized spacial score (nSPS) is 14.6. The quantitative estimate of drug-likeness (QED) is 0.626. The second-order valence-electron chi connectivity index (χ2n) is 6.73. The summed E-state index contributed by atoms with van der Waals surface area (Å²) in [5, 5.41) is 3.42. The molecule has 0 radical (unpaired) electrons. The fourth-order valence-electron chi connectivity index (χ4n) is 3.16. The van der Waals surface area contributed by atoms with Gasteiger partial charge in [0.1, 0.15) is 0 Å². The van der Waals surface area contributed by atoms with E-state index in [0.717, 1.165) is 18.2 Å². The monoisotopic (exact) mass is 462 g/mol. The van der Waals surface area contributed by atoms with E-state index in [2.05, 4.69) is 14.6 Å². The minimum atomic E-state index is -3.76. The lowest BCUT2D eigenvalue weighted by Gasteiger charge is -2.34. The minimum Gasteiger partial charge on any atom is -0.345 e. The standard InChI is InChI=1S/C20H19ClN4O3S2/c21-16-3-5-17(6-4-16)23-30(27,28)18-7-1-15(2-8-18)19(26)24-10-12-25(13-11-24)20-22-9-14-29-20/h1-9,14,23H,10-13H2. The van der Waals surface area contributed by atoms with Crippen molar-refractivity contribution in [3.05, 3.63) is 70.7 Å². The van der Waals surface area contributed by atoms with Crippen molar-refractivity contribution >= 4 is 49.7 Å². The van der Waals surface area contributed by atoms with Crippen LogP contribution in [0.15, 0.2) is 65.0 Å². The molecule has 4 rings (SSSR count). The molecule has 1 aliphatic heterocycles. The molecule has 1 aliphatic rings. The first-order chi connectivity index (χ1) is 14.4. The Morgan fingerprint density at radius 3 is 2.27 bits per heavy atom. The minimum absolute atomic E-state index is 0.0857. The van der Waals surface area contributed by atoms with Gasteiger partial charge in [0.2, 0.25) is 0 Å². The Bertz CT molecular complexity index is 1110. The van der Waals surface area contributed by atoms with Crippen LogP contribution >= 0.6 is 22.9 Å². The highest BCUT2D eigenvalue weighted by Gasteiger charge is 2.24. The number of amides is 1. The topological polar surface area (TPSA) is 82.6 Å². The number of halogens is 1. The molecular weight excluding hydrogens is 444 g/mol. The van der Waals surface area contributed by atoms with Crippen molar-refractivity contribution in [2.75, 3.05) is 35.8 Å². The Balaban J connectivity index is 1.40. The molecule has 1 aromatic heterocycles. The highest BCUT2D eigenvalue weighted by Crippen LogP contribution is 2.21. The van der Waals surface area contributed by atoms with Gasteiger partial charge in [0.15, 0.2) is 5.13 Å². The largest absolute Gasteiger partial charge is 0.345 e. The van der Waals surface area contributed by atoms with E-state index in [9.17, 15) is 13.2 Å². The number of nitrogens with zero attached hydrogens (tertiary/aromatic N) is 3. The summed E-state index contributed by atoms with van der Waals surface area (Å²) < 4.78 is 27.6. The molecular formula is C20H19ClN4O3S2. The number of rotatable bonds is 5. The summed E-state index contributed by atoms with van der Waals surface area (Å²) in [5.74, 6) is -0.108. The molecule has 0 atom stereocenters. The third-order valence-corrected chi connectivity index (χ3v) is 7.25. The van der Waals surface area contributed by atoms with Crippen LogP contribution < -0.4 is 9.62 Å². The van der Waals surface area contributed by atoms with Crippen LogP contribution in [0, 0.1) is 0 Å². The first-order valence-electron chi connectivity index (χ1n) is 9.24. The van der Waals surface area contributed by atoms with Gasteiger partial charge in [0, 0.05) is 54.0 Å². The summed E-state index contributed by atoms with van der Waals surface area (Å²) in [7, 11) is -3.76. The van der Waals surface area contributed by atoms with Crippen molar-refractivity contribution in [2.24, 2.45) is 0 Å². The van der Waals surface area contributed by atoms with E-state index in [0.29, 0.717) is 29.4 Å². The molecule has 0 unspecified atom stereocenters. The zero-order valence-corrected chi connectivity index (χ0v) is 18.3. The molecule has 2 aromatic carbocycles. The maximum absolute atomic E-state index is 12.8. The van der Waals surface area contributed by atoms with E-state index in [1.807, 2.05) is 5.38 Å². The van der Waals surface area contributed by atoms with Gasteiger partial charge in [-0.2, -0.15) is 0 Å². The highest BCUT2D eigenvalue weighted by molar-refractivity contribution is 7.92. The van der Waals surface area contributed by atoms with E-state index >= 15 is 0 Å². The molecule has 10 heteroatoms. The Morgan fingerprint density at radius 1 is 1.00 bits per heavy atom. The SMILES string of the molecule is O=C(c1ccc(S(=O)(=O)Nc2ccc(Cl)cc2)cc1)N1CCN(c2nccs2)CC1. The predicted octanol–water partition coefficient (Wildman–Crippen LogP) is 3.56. The van der Waals surface area contributed by atoms with Crippen LogP contribution in [-0.2, 0) is 10.0 Å². The Morgan fingerprint density at radius 2 is 1.67 bits per heavy atom. The number of aromatic nitrogens is 1. The molecule has 3 aromatic rings. The maximum atomic E-state index is 12.8. The number of anilines is 2. The van der Waals surface area contributed by atoms with Gasteiger partial charge in [0.05, 0.1) is 4.90 Å². The number of piperazine rings is 1. The molecule has 30 heavy (non-hydrogen) atoms. The number of carbonyl (C=O) groups is 1. The van der Waals surface area contributed by atoms with E-state index < -0.39 is 10.0 Å². The summed E-state index contributed by atoms with van der Waals surface area (Å²) in [5.41, 5.74) is 0.876. The van der Waals surface area contributed by atoms with E-state index in [4.69, 9.17) is 11.6 Å². The number of benzene rings is 2. The third-order valence-electron chi connectivity index (χ3n) is 4.76. The van der Waals surface area contributed by atoms with Crippen LogP contribution in [-0.4, -0.2) is 50.4 Å². The second-order valence-corrected chi connectivity index (χ2v) is 9.72. The van der Waals surface area contributed by atoms with Gasteiger partial charge >= 0.3 is 0 Å².